The normalized spacial score (nSPS) is 17.1. The minimum absolute atomic E-state index is 0.191. The Morgan fingerprint density at radius 2 is 1.87 bits per heavy atom. The van der Waals surface area contributed by atoms with Gasteiger partial charge in [-0.05, 0) is 42.5 Å². The maximum absolute atomic E-state index is 13.6. The highest BCUT2D eigenvalue weighted by Gasteiger charge is 2.46. The molecular weight excluding hydrogens is 497 g/mol. The number of methoxy groups -OCH3 is 1. The van der Waals surface area contributed by atoms with Crippen molar-refractivity contribution in [1.82, 2.24) is 24.5 Å². The molecule has 1 aliphatic heterocycles. The SMILES string of the molecule is COc1cc(-c2cn(C3CN(C(=O)C(F)(F)F)c4ccccc4C(C)(C)C3)nn2)ccc1-n1cnc(C)c1. The van der Waals surface area contributed by atoms with Crippen molar-refractivity contribution in [3.05, 3.63) is 72.4 Å². The molecule has 0 fully saturated rings. The molecule has 1 aliphatic rings. The quantitative estimate of drug-likeness (QED) is 0.364. The number of rotatable bonds is 4. The van der Waals surface area contributed by atoms with Gasteiger partial charge in [0, 0.05) is 24.0 Å². The first kappa shape index (κ1) is 25.5. The molecule has 8 nitrogen and oxygen atoms in total. The van der Waals surface area contributed by atoms with E-state index in [1.807, 2.05) is 49.7 Å². The molecule has 0 radical (unpaired) electrons. The average Bonchev–Trinajstić information content (AvgIpc) is 3.52. The van der Waals surface area contributed by atoms with Crippen molar-refractivity contribution in [3.63, 3.8) is 0 Å². The third kappa shape index (κ3) is 4.64. The van der Waals surface area contributed by atoms with E-state index in [9.17, 15) is 18.0 Å². The summed E-state index contributed by atoms with van der Waals surface area (Å²) >= 11 is 0. The Labute approximate surface area is 217 Å². The summed E-state index contributed by atoms with van der Waals surface area (Å²) in [6.07, 6.45) is 0.724. The topological polar surface area (TPSA) is 78.1 Å². The lowest BCUT2D eigenvalue weighted by Gasteiger charge is -2.27. The van der Waals surface area contributed by atoms with Gasteiger partial charge in [-0.15, -0.1) is 5.10 Å². The summed E-state index contributed by atoms with van der Waals surface area (Å²) < 4.78 is 49.8. The second-order valence-corrected chi connectivity index (χ2v) is 10.1. The van der Waals surface area contributed by atoms with Gasteiger partial charge in [0.15, 0.2) is 0 Å². The number of aryl methyl sites for hydroxylation is 1. The third-order valence-electron chi connectivity index (χ3n) is 6.90. The Bertz CT molecular complexity index is 1490. The molecule has 0 aliphatic carbocycles. The van der Waals surface area contributed by atoms with Crippen LogP contribution in [0.5, 0.6) is 5.75 Å². The van der Waals surface area contributed by atoms with Crippen molar-refractivity contribution in [3.8, 4) is 22.7 Å². The smallest absolute Gasteiger partial charge is 0.471 e. The molecule has 1 unspecified atom stereocenters. The van der Waals surface area contributed by atoms with Crippen molar-refractivity contribution in [2.75, 3.05) is 18.6 Å². The largest absolute Gasteiger partial charge is 0.495 e. The molecule has 0 bridgehead atoms. The monoisotopic (exact) mass is 524 g/mol. The van der Waals surface area contributed by atoms with Crippen LogP contribution in [0.1, 0.15) is 37.6 Å². The fraction of sp³-hybridized carbons (Fsp3) is 0.333. The van der Waals surface area contributed by atoms with E-state index in [0.29, 0.717) is 23.4 Å². The second-order valence-electron chi connectivity index (χ2n) is 10.1. The summed E-state index contributed by atoms with van der Waals surface area (Å²) in [6, 6.07) is 11.8. The molecule has 2 aromatic carbocycles. The minimum atomic E-state index is -5.01. The summed E-state index contributed by atoms with van der Waals surface area (Å²) in [6.45, 7) is 5.62. The number of aromatic nitrogens is 5. The molecule has 0 N–H and O–H groups in total. The Balaban J connectivity index is 1.50. The number of benzene rings is 2. The average molecular weight is 525 g/mol. The van der Waals surface area contributed by atoms with Crippen LogP contribution >= 0.6 is 0 Å². The van der Waals surface area contributed by atoms with E-state index < -0.39 is 23.5 Å². The van der Waals surface area contributed by atoms with Crippen molar-refractivity contribution >= 4 is 11.6 Å². The first-order valence-corrected chi connectivity index (χ1v) is 12.1. The van der Waals surface area contributed by atoms with E-state index in [-0.39, 0.29) is 12.2 Å². The summed E-state index contributed by atoms with van der Waals surface area (Å²) in [5, 5.41) is 8.58. The Hall–Kier alpha value is -4.15. The fourth-order valence-electron chi connectivity index (χ4n) is 5.07. The number of nitrogens with zero attached hydrogens (tertiary/aromatic N) is 6. The highest BCUT2D eigenvalue weighted by Crippen LogP contribution is 2.43. The van der Waals surface area contributed by atoms with E-state index in [1.54, 1.807) is 48.6 Å². The zero-order chi connectivity index (χ0) is 27.2. The van der Waals surface area contributed by atoms with Crippen molar-refractivity contribution in [2.45, 2.75) is 44.8 Å². The van der Waals surface area contributed by atoms with Gasteiger partial charge < -0.3 is 14.2 Å². The van der Waals surface area contributed by atoms with Gasteiger partial charge in [0.25, 0.3) is 0 Å². The van der Waals surface area contributed by atoms with E-state index in [4.69, 9.17) is 4.74 Å². The zero-order valence-electron chi connectivity index (χ0n) is 21.4. The molecule has 1 atom stereocenters. The molecule has 5 rings (SSSR count). The second kappa shape index (κ2) is 9.30. The molecule has 2 aromatic heterocycles. The fourth-order valence-corrected chi connectivity index (χ4v) is 5.07. The predicted octanol–water partition coefficient (Wildman–Crippen LogP) is 5.27. The number of hydrogen-bond donors (Lipinski definition) is 0. The lowest BCUT2D eigenvalue weighted by Crippen LogP contribution is -2.43. The lowest BCUT2D eigenvalue weighted by molar-refractivity contribution is -0.170. The number of ether oxygens (including phenoxy) is 1. The van der Waals surface area contributed by atoms with Gasteiger partial charge in [-0.2, -0.15) is 13.2 Å². The van der Waals surface area contributed by atoms with Crippen LogP contribution in [0.25, 0.3) is 16.9 Å². The molecule has 1 amide bonds. The van der Waals surface area contributed by atoms with E-state index >= 15 is 0 Å². The predicted molar refractivity (Wildman–Crippen MR) is 135 cm³/mol. The molecular formula is C27H27F3N6O2. The summed E-state index contributed by atoms with van der Waals surface area (Å²) in [7, 11) is 1.57. The lowest BCUT2D eigenvalue weighted by atomic mass is 9.79. The van der Waals surface area contributed by atoms with Crippen LogP contribution in [0.2, 0.25) is 0 Å². The summed E-state index contributed by atoms with van der Waals surface area (Å²) in [5.41, 5.74) is 3.34. The molecule has 0 saturated carbocycles. The maximum atomic E-state index is 13.6. The van der Waals surface area contributed by atoms with Gasteiger partial charge in [0.2, 0.25) is 0 Å². The number of fused-ring (bicyclic) bond motifs is 1. The van der Waals surface area contributed by atoms with Crippen molar-refractivity contribution in [1.29, 1.82) is 0 Å². The Kier molecular flexibility index (Phi) is 6.24. The summed E-state index contributed by atoms with van der Waals surface area (Å²) in [5.74, 6) is -1.30. The highest BCUT2D eigenvalue weighted by atomic mass is 19.4. The molecule has 0 spiro atoms. The highest BCUT2D eigenvalue weighted by molar-refractivity contribution is 5.98. The molecule has 3 heterocycles. The van der Waals surface area contributed by atoms with Gasteiger partial charge in [0.1, 0.15) is 11.4 Å². The number of alkyl halides is 3. The number of carbonyl (C=O) groups excluding carboxylic acids is 1. The van der Waals surface area contributed by atoms with E-state index in [1.165, 1.54) is 0 Å². The number of halogens is 3. The number of para-hydroxylation sites is 1. The zero-order valence-corrected chi connectivity index (χ0v) is 21.4. The van der Waals surface area contributed by atoms with Crippen LogP contribution in [-0.2, 0) is 10.2 Å². The van der Waals surface area contributed by atoms with Gasteiger partial charge in [-0.3, -0.25) is 4.79 Å². The van der Waals surface area contributed by atoms with Crippen molar-refractivity contribution in [2.24, 2.45) is 0 Å². The van der Waals surface area contributed by atoms with Crippen LogP contribution in [0.4, 0.5) is 18.9 Å². The molecule has 11 heteroatoms. The molecule has 38 heavy (non-hydrogen) atoms. The van der Waals surface area contributed by atoms with Gasteiger partial charge in [0.05, 0.1) is 37.1 Å². The summed E-state index contributed by atoms with van der Waals surface area (Å²) in [4.78, 5) is 17.6. The number of carbonyl (C=O) groups is 1. The van der Waals surface area contributed by atoms with Crippen LogP contribution in [0, 0.1) is 6.92 Å². The number of amides is 1. The van der Waals surface area contributed by atoms with Crippen LogP contribution in [0.15, 0.2) is 61.2 Å². The van der Waals surface area contributed by atoms with Crippen molar-refractivity contribution < 1.29 is 22.7 Å². The molecule has 198 valence electrons. The maximum Gasteiger partial charge on any atom is 0.471 e. The number of hydrogen-bond acceptors (Lipinski definition) is 5. The molecule has 0 saturated heterocycles. The van der Waals surface area contributed by atoms with Crippen LogP contribution in [0.3, 0.4) is 0 Å². The van der Waals surface area contributed by atoms with E-state index in [0.717, 1.165) is 21.8 Å². The van der Waals surface area contributed by atoms with Gasteiger partial charge in [-0.25, -0.2) is 9.67 Å². The van der Waals surface area contributed by atoms with Crippen LogP contribution < -0.4 is 9.64 Å². The number of imidazole rings is 1. The van der Waals surface area contributed by atoms with Gasteiger partial charge in [-0.1, -0.05) is 43.3 Å². The van der Waals surface area contributed by atoms with Crippen LogP contribution in [-0.4, -0.2) is 50.3 Å². The van der Waals surface area contributed by atoms with Gasteiger partial charge >= 0.3 is 12.1 Å². The number of anilines is 1. The third-order valence-corrected chi connectivity index (χ3v) is 6.90. The van der Waals surface area contributed by atoms with E-state index in [2.05, 4.69) is 15.3 Å². The Morgan fingerprint density at radius 1 is 1.11 bits per heavy atom. The Morgan fingerprint density at radius 3 is 2.55 bits per heavy atom. The standard InChI is InChI=1S/C27H27F3N6O2/c1-17-13-34(16-31-17)23-10-9-18(11-24(23)38-4)21-15-36(33-32-21)19-12-26(2,3)20-7-5-6-8-22(20)35(14-19)25(37)27(28,29)30/h5-11,13,15-16,19H,12,14H2,1-4H3. The minimum Gasteiger partial charge on any atom is -0.495 e. The first-order valence-electron chi connectivity index (χ1n) is 12.1. The first-order chi connectivity index (χ1) is 18.0. The molecule has 4 aromatic rings.